The van der Waals surface area contributed by atoms with Crippen molar-refractivity contribution in [3.05, 3.63) is 10.9 Å². The van der Waals surface area contributed by atoms with Crippen LogP contribution in [0.15, 0.2) is 0 Å². The molecule has 0 aliphatic carbocycles. The molecule has 0 unspecified atom stereocenters. The van der Waals surface area contributed by atoms with Gasteiger partial charge in [-0.05, 0) is 0 Å². The summed E-state index contributed by atoms with van der Waals surface area (Å²) in [5, 5.41) is 8.94. The zero-order valence-corrected chi connectivity index (χ0v) is 6.20. The van der Waals surface area contributed by atoms with Gasteiger partial charge in [0.2, 0.25) is 5.13 Å². The van der Waals surface area contributed by atoms with Gasteiger partial charge in [-0.25, -0.2) is 0 Å². The van der Waals surface area contributed by atoms with Crippen LogP contribution >= 0.6 is 11.3 Å². The van der Waals surface area contributed by atoms with Gasteiger partial charge in [0.15, 0.2) is 0 Å². The number of nitrogens with two attached hydrogens (primary N) is 1. The van der Waals surface area contributed by atoms with E-state index in [9.17, 15) is 0 Å². The van der Waals surface area contributed by atoms with E-state index in [0.29, 0.717) is 5.13 Å². The predicted molar refractivity (Wildman–Crippen MR) is 38.0 cm³/mol. The average Bonchev–Trinajstić information content (AvgIpc) is 2.14. The van der Waals surface area contributed by atoms with Crippen LogP contribution in [0.5, 0.6) is 0 Å². The molecule has 0 fully saturated rings. The van der Waals surface area contributed by atoms with E-state index in [1.807, 2.05) is 13.8 Å². The lowest BCUT2D eigenvalue weighted by atomic mass is 10.2. The van der Waals surface area contributed by atoms with Crippen molar-refractivity contribution in [1.29, 1.82) is 0 Å². The highest BCUT2D eigenvalue weighted by Gasteiger charge is 2.04. The molecule has 0 saturated carbocycles. The first-order chi connectivity index (χ1) is 4.20. The topological polar surface area (TPSA) is 51.8 Å². The molecule has 0 spiro atoms. The van der Waals surface area contributed by atoms with E-state index in [-0.39, 0.29) is 0 Å². The molecule has 0 saturated heterocycles. The van der Waals surface area contributed by atoms with Crippen LogP contribution in [0.2, 0.25) is 0 Å². The van der Waals surface area contributed by atoms with Gasteiger partial charge in [0.05, 0.1) is 0 Å². The van der Waals surface area contributed by atoms with Gasteiger partial charge in [-0.2, -0.15) is 0 Å². The van der Waals surface area contributed by atoms with Crippen molar-refractivity contribution in [2.24, 2.45) is 0 Å². The fourth-order valence-corrected chi connectivity index (χ4v) is 1.00. The van der Waals surface area contributed by atoms with E-state index < -0.39 is 0 Å². The van der Waals surface area contributed by atoms with Crippen LogP contribution in [0.4, 0.5) is 5.13 Å². The first-order valence-electron chi connectivity index (χ1n) is 2.59. The van der Waals surface area contributed by atoms with Crippen molar-refractivity contribution in [2.75, 3.05) is 5.73 Å². The Morgan fingerprint density at radius 3 is 2.33 bits per heavy atom. The molecular weight excluding hydrogens is 134 g/mol. The fourth-order valence-electron chi connectivity index (χ4n) is 0.437. The Hall–Kier alpha value is -0.640. The largest absolute Gasteiger partial charge is 0.374 e. The standard InChI is InChI=1S/C5H8N3S/c1-3(2)4-7-8-5(6)9-4/h1-2H3,(H2,6,8). The van der Waals surface area contributed by atoms with Crippen LogP contribution in [0, 0.1) is 5.92 Å². The summed E-state index contributed by atoms with van der Waals surface area (Å²) in [7, 11) is 0. The van der Waals surface area contributed by atoms with Crippen LogP contribution in [-0.2, 0) is 0 Å². The molecule has 1 radical (unpaired) electrons. The second-order valence-corrected chi connectivity index (χ2v) is 2.95. The van der Waals surface area contributed by atoms with Gasteiger partial charge in [-0.3, -0.25) is 0 Å². The molecule has 1 rings (SSSR count). The molecule has 1 aromatic heterocycles. The van der Waals surface area contributed by atoms with E-state index in [0.717, 1.165) is 10.9 Å². The minimum atomic E-state index is 0.534. The molecule has 0 aromatic carbocycles. The highest BCUT2D eigenvalue weighted by molar-refractivity contribution is 7.15. The highest BCUT2D eigenvalue weighted by Crippen LogP contribution is 2.18. The summed E-state index contributed by atoms with van der Waals surface area (Å²) in [6, 6.07) is 0. The molecule has 0 atom stereocenters. The van der Waals surface area contributed by atoms with Crippen molar-refractivity contribution in [1.82, 2.24) is 10.2 Å². The molecule has 0 aliphatic heterocycles. The van der Waals surface area contributed by atoms with Gasteiger partial charge in [-0.1, -0.05) is 25.2 Å². The lowest BCUT2D eigenvalue weighted by Gasteiger charge is -1.91. The first kappa shape index (κ1) is 6.48. The van der Waals surface area contributed by atoms with E-state index in [1.54, 1.807) is 0 Å². The summed E-state index contributed by atoms with van der Waals surface area (Å²) in [5.74, 6) is 1.16. The van der Waals surface area contributed by atoms with Gasteiger partial charge in [0.25, 0.3) is 0 Å². The van der Waals surface area contributed by atoms with Gasteiger partial charge in [-0.15, -0.1) is 10.2 Å². The van der Waals surface area contributed by atoms with E-state index >= 15 is 0 Å². The zero-order valence-electron chi connectivity index (χ0n) is 5.38. The van der Waals surface area contributed by atoms with Crippen molar-refractivity contribution in [2.45, 2.75) is 13.8 Å². The third-order valence-electron chi connectivity index (χ3n) is 0.868. The van der Waals surface area contributed by atoms with Crippen molar-refractivity contribution < 1.29 is 0 Å². The van der Waals surface area contributed by atoms with Crippen molar-refractivity contribution in [3.63, 3.8) is 0 Å². The van der Waals surface area contributed by atoms with Crippen LogP contribution in [-0.4, -0.2) is 10.2 Å². The number of nitrogen functional groups attached to an aromatic ring is 1. The number of rotatable bonds is 1. The summed E-state index contributed by atoms with van der Waals surface area (Å²) in [4.78, 5) is 0. The van der Waals surface area contributed by atoms with E-state index in [1.165, 1.54) is 11.3 Å². The number of hydrogen-bond acceptors (Lipinski definition) is 4. The summed E-state index contributed by atoms with van der Waals surface area (Å²) in [6.07, 6.45) is 0. The second kappa shape index (κ2) is 2.31. The lowest BCUT2D eigenvalue weighted by Crippen LogP contribution is -1.85. The van der Waals surface area contributed by atoms with Gasteiger partial charge in [0.1, 0.15) is 5.01 Å². The molecule has 2 N–H and O–H groups in total. The summed E-state index contributed by atoms with van der Waals surface area (Å²) < 4.78 is 0. The third-order valence-corrected chi connectivity index (χ3v) is 1.84. The van der Waals surface area contributed by atoms with E-state index in [4.69, 9.17) is 5.73 Å². The third kappa shape index (κ3) is 1.38. The maximum atomic E-state index is 5.35. The monoisotopic (exact) mass is 142 g/mol. The molecule has 1 aromatic rings. The van der Waals surface area contributed by atoms with Crippen LogP contribution < -0.4 is 5.73 Å². The predicted octanol–water partition coefficient (Wildman–Crippen LogP) is 1.08. The number of nitrogens with zero attached hydrogens (tertiary/aromatic N) is 2. The van der Waals surface area contributed by atoms with Crippen molar-refractivity contribution in [3.8, 4) is 0 Å². The maximum absolute atomic E-state index is 5.35. The molecule has 4 heteroatoms. The Kier molecular flexibility index (Phi) is 1.66. The Labute approximate surface area is 57.9 Å². The fraction of sp³-hybridized carbons (Fsp3) is 0.400. The SMILES string of the molecule is C[C](C)c1nnc(N)s1. The minimum absolute atomic E-state index is 0.534. The Morgan fingerprint density at radius 1 is 1.44 bits per heavy atom. The molecule has 1 heterocycles. The maximum Gasteiger partial charge on any atom is 0.203 e. The first-order valence-corrected chi connectivity index (χ1v) is 3.41. The Balaban J connectivity index is 2.85. The smallest absolute Gasteiger partial charge is 0.203 e. The summed E-state index contributed by atoms with van der Waals surface area (Å²) in [5.41, 5.74) is 5.35. The van der Waals surface area contributed by atoms with Crippen LogP contribution in [0.25, 0.3) is 0 Å². The number of aromatic nitrogens is 2. The Morgan fingerprint density at radius 2 is 2.11 bits per heavy atom. The van der Waals surface area contributed by atoms with Crippen molar-refractivity contribution >= 4 is 16.5 Å². The molecule has 9 heavy (non-hydrogen) atoms. The normalized spacial score (nSPS) is 10.6. The van der Waals surface area contributed by atoms with Crippen LogP contribution in [0.1, 0.15) is 18.9 Å². The molecule has 0 aliphatic rings. The number of anilines is 1. The average molecular weight is 142 g/mol. The number of hydrogen-bond donors (Lipinski definition) is 1. The minimum Gasteiger partial charge on any atom is -0.374 e. The molecule has 49 valence electrons. The van der Waals surface area contributed by atoms with Gasteiger partial charge >= 0.3 is 0 Å². The highest BCUT2D eigenvalue weighted by atomic mass is 32.1. The van der Waals surface area contributed by atoms with E-state index in [2.05, 4.69) is 10.2 Å². The molecule has 0 bridgehead atoms. The summed E-state index contributed by atoms with van der Waals surface area (Å²) >= 11 is 1.41. The quantitative estimate of drug-likeness (QED) is 0.638. The van der Waals surface area contributed by atoms with Gasteiger partial charge in [0, 0.05) is 5.92 Å². The zero-order chi connectivity index (χ0) is 6.85. The molecule has 0 amide bonds. The molecular formula is C5H8N3S. The lowest BCUT2D eigenvalue weighted by molar-refractivity contribution is 1.00. The second-order valence-electron chi connectivity index (χ2n) is 1.95. The van der Waals surface area contributed by atoms with Gasteiger partial charge < -0.3 is 5.73 Å². The molecule has 3 nitrogen and oxygen atoms in total. The Bertz CT molecular complexity index is 194. The van der Waals surface area contributed by atoms with Crippen LogP contribution in [0.3, 0.4) is 0 Å². The summed E-state index contributed by atoms with van der Waals surface area (Å²) in [6.45, 7) is 3.97.